The molecule has 5 heteroatoms. The molecule has 0 radical (unpaired) electrons. The van der Waals surface area contributed by atoms with E-state index in [0.717, 1.165) is 44.4 Å². The van der Waals surface area contributed by atoms with Gasteiger partial charge in [-0.1, -0.05) is 97.1 Å². The van der Waals surface area contributed by atoms with Gasteiger partial charge in [0.25, 0.3) is 5.85 Å². The lowest BCUT2D eigenvalue weighted by Gasteiger charge is -2.63. The first-order chi connectivity index (χ1) is 21.1. The van der Waals surface area contributed by atoms with E-state index in [1.807, 2.05) is 26.8 Å². The second-order valence-electron chi connectivity index (χ2n) is 16.6. The topological polar surface area (TPSA) is 52.6 Å². The van der Waals surface area contributed by atoms with Crippen LogP contribution in [-0.2, 0) is 14.3 Å². The highest BCUT2D eigenvalue weighted by Gasteiger charge is 2.68. The maximum absolute atomic E-state index is 17.0. The third-order valence-corrected chi connectivity index (χ3v) is 13.7. The molecule has 0 aromatic heterocycles. The van der Waals surface area contributed by atoms with Gasteiger partial charge in [0.2, 0.25) is 0 Å². The van der Waals surface area contributed by atoms with E-state index in [4.69, 9.17) is 9.47 Å². The summed E-state index contributed by atoms with van der Waals surface area (Å²) in [5.74, 6) is -0.754. The van der Waals surface area contributed by atoms with Gasteiger partial charge in [-0.2, -0.15) is 4.39 Å². The summed E-state index contributed by atoms with van der Waals surface area (Å²) in [6.07, 6.45) is 11.0. The molecular weight excluding hydrogens is 563 g/mol. The van der Waals surface area contributed by atoms with Crippen LogP contribution in [0.5, 0.6) is 0 Å². The average Bonchev–Trinajstić information content (AvgIpc) is 3.28. The molecule has 45 heavy (non-hydrogen) atoms. The zero-order valence-corrected chi connectivity index (χ0v) is 29.4. The number of hydrogen-bond acceptors (Lipinski definition) is 4. The Balaban J connectivity index is 1.49. The van der Waals surface area contributed by atoms with Crippen LogP contribution in [0.4, 0.5) is 4.39 Å². The molecule has 250 valence electrons. The van der Waals surface area contributed by atoms with E-state index in [2.05, 4.69) is 34.6 Å². The zero-order valence-electron chi connectivity index (χ0n) is 29.4. The van der Waals surface area contributed by atoms with Crippen LogP contribution in [0.2, 0.25) is 0 Å². The van der Waals surface area contributed by atoms with Crippen molar-refractivity contribution in [3.05, 3.63) is 47.0 Å². The fraction of sp³-hybridized carbons (Fsp3) is 0.750. The monoisotopic (exact) mass is 622 g/mol. The van der Waals surface area contributed by atoms with Crippen LogP contribution in [0.15, 0.2) is 41.5 Å². The summed E-state index contributed by atoms with van der Waals surface area (Å²) < 4.78 is 28.5. The van der Waals surface area contributed by atoms with Crippen LogP contribution in [0.25, 0.3) is 0 Å². The molecule has 2 fully saturated rings. The van der Waals surface area contributed by atoms with Gasteiger partial charge < -0.3 is 9.47 Å². The third-order valence-electron chi connectivity index (χ3n) is 13.7. The molecule has 7 atom stereocenters. The van der Waals surface area contributed by atoms with Crippen LogP contribution in [0.1, 0.15) is 143 Å². The summed E-state index contributed by atoms with van der Waals surface area (Å²) in [7, 11) is 0. The van der Waals surface area contributed by atoms with E-state index in [1.54, 1.807) is 24.3 Å². The number of halogens is 1. The van der Waals surface area contributed by atoms with Crippen LogP contribution in [0, 0.1) is 45.3 Å². The van der Waals surface area contributed by atoms with Crippen LogP contribution in [0.3, 0.4) is 0 Å². The Morgan fingerprint density at radius 3 is 2.29 bits per heavy atom. The Bertz CT molecular complexity index is 1280. The Hall–Kier alpha value is -2.17. The highest BCUT2D eigenvalue weighted by atomic mass is 19.2. The van der Waals surface area contributed by atoms with E-state index < -0.39 is 17.2 Å². The number of carbonyl (C=O) groups is 2. The number of alkyl halides is 1. The predicted octanol–water partition coefficient (Wildman–Crippen LogP) is 10.7. The van der Waals surface area contributed by atoms with Crippen molar-refractivity contribution in [3.63, 3.8) is 0 Å². The van der Waals surface area contributed by atoms with Crippen molar-refractivity contribution in [2.75, 3.05) is 6.61 Å². The number of allylic oxidation sites excluding steroid dienone is 2. The number of benzene rings is 1. The van der Waals surface area contributed by atoms with Crippen molar-refractivity contribution in [1.29, 1.82) is 0 Å². The van der Waals surface area contributed by atoms with E-state index in [-0.39, 0.29) is 34.6 Å². The first kappa shape index (κ1) is 34.2. The molecule has 2 saturated carbocycles. The quantitative estimate of drug-likeness (QED) is 0.192. The first-order valence-electron chi connectivity index (χ1n) is 18.0. The fourth-order valence-corrected chi connectivity index (χ4v) is 11.2. The second kappa shape index (κ2) is 12.5. The van der Waals surface area contributed by atoms with Crippen molar-refractivity contribution in [3.8, 4) is 0 Å². The Kier molecular flexibility index (Phi) is 9.46. The molecule has 0 N–H and O–H groups in total. The minimum atomic E-state index is -2.04. The molecule has 1 unspecified atom stereocenters. The molecule has 0 aliphatic heterocycles. The molecule has 0 saturated heterocycles. The van der Waals surface area contributed by atoms with Gasteiger partial charge >= 0.3 is 11.9 Å². The lowest BCUT2D eigenvalue weighted by atomic mass is 9.42. The minimum absolute atomic E-state index is 0.0298. The number of esters is 2. The highest BCUT2D eigenvalue weighted by molar-refractivity contribution is 5.89. The van der Waals surface area contributed by atoms with Crippen molar-refractivity contribution < 1.29 is 23.5 Å². The van der Waals surface area contributed by atoms with Gasteiger partial charge in [0.15, 0.2) is 0 Å². The van der Waals surface area contributed by atoms with Gasteiger partial charge in [-0.25, -0.2) is 4.79 Å². The maximum Gasteiger partial charge on any atom is 0.340 e. The van der Waals surface area contributed by atoms with Gasteiger partial charge in [-0.15, -0.1) is 0 Å². The Morgan fingerprint density at radius 1 is 0.911 bits per heavy atom. The fourth-order valence-electron chi connectivity index (χ4n) is 11.2. The molecule has 0 heterocycles. The van der Waals surface area contributed by atoms with E-state index in [1.165, 1.54) is 30.4 Å². The molecule has 1 aromatic carbocycles. The number of fused-ring (bicyclic) bond motifs is 4. The molecular formula is C40H59FO4. The van der Waals surface area contributed by atoms with Crippen LogP contribution in [-0.4, -0.2) is 24.4 Å². The summed E-state index contributed by atoms with van der Waals surface area (Å²) in [5.41, 5.74) is 2.15. The first-order valence-corrected chi connectivity index (χ1v) is 18.0. The molecule has 0 bridgehead atoms. The minimum Gasteiger partial charge on any atom is -0.466 e. The van der Waals surface area contributed by atoms with E-state index in [9.17, 15) is 9.59 Å². The Labute approximate surface area is 272 Å². The zero-order chi connectivity index (χ0) is 32.8. The van der Waals surface area contributed by atoms with Crippen LogP contribution >= 0.6 is 0 Å². The summed E-state index contributed by atoms with van der Waals surface area (Å²) in [4.78, 5) is 26.5. The molecule has 4 nitrogen and oxygen atoms in total. The number of rotatable bonds is 10. The largest absolute Gasteiger partial charge is 0.466 e. The van der Waals surface area contributed by atoms with Gasteiger partial charge in [0.05, 0.1) is 18.6 Å². The van der Waals surface area contributed by atoms with Crippen molar-refractivity contribution >= 4 is 11.9 Å². The summed E-state index contributed by atoms with van der Waals surface area (Å²) in [5, 5.41) is 0. The van der Waals surface area contributed by atoms with Gasteiger partial charge in [0.1, 0.15) is 0 Å². The van der Waals surface area contributed by atoms with E-state index >= 15 is 4.39 Å². The lowest BCUT2D eigenvalue weighted by Crippen LogP contribution is -2.60. The summed E-state index contributed by atoms with van der Waals surface area (Å²) >= 11 is 0. The highest BCUT2D eigenvalue weighted by Crippen LogP contribution is 2.74. The maximum atomic E-state index is 17.0. The molecule has 1 aromatic rings. The predicted molar refractivity (Wildman–Crippen MR) is 178 cm³/mol. The second-order valence-corrected chi connectivity index (χ2v) is 16.6. The Morgan fingerprint density at radius 2 is 1.62 bits per heavy atom. The van der Waals surface area contributed by atoms with Gasteiger partial charge in [-0.3, -0.25) is 4.79 Å². The van der Waals surface area contributed by atoms with Gasteiger partial charge in [-0.05, 0) is 98.5 Å². The van der Waals surface area contributed by atoms with Gasteiger partial charge in [0, 0.05) is 17.3 Å². The molecule has 0 spiro atoms. The standard InChI is InChI=1S/C40H59FO4/c1-9-44-34(42)26-39-23-21-30(28(4)15-13-14-27(2)3)38(39,8)22-20-31-32(39)18-19-33-36(5,6)40(41,25-24-37(31,33)7)45-35(43)29-16-11-10-12-17-29/h10-12,16-17,27-28,30,33H,9,13-15,18-26H2,1-8H3/t28-,30-,33?,37-,38-,39-,40+/m1/s1. The molecule has 4 aliphatic carbocycles. The molecule has 0 amide bonds. The van der Waals surface area contributed by atoms with Crippen molar-refractivity contribution in [2.24, 2.45) is 45.3 Å². The third kappa shape index (κ3) is 5.60. The summed E-state index contributed by atoms with van der Waals surface area (Å²) in [6.45, 7) is 18.2. The van der Waals surface area contributed by atoms with Crippen molar-refractivity contribution in [2.45, 2.75) is 138 Å². The van der Waals surface area contributed by atoms with Crippen molar-refractivity contribution in [1.82, 2.24) is 0 Å². The lowest BCUT2D eigenvalue weighted by molar-refractivity contribution is -0.241. The normalized spacial score (nSPS) is 36.1. The average molecular weight is 623 g/mol. The number of hydrogen-bond donors (Lipinski definition) is 0. The number of ether oxygens (including phenoxy) is 2. The van der Waals surface area contributed by atoms with E-state index in [0.29, 0.717) is 36.8 Å². The SMILES string of the molecule is CCOC(=O)C[C@@]12CC[C@H]([C@H](C)CCCC(C)C)[C@@]1(C)CCC1=C2CCC2C(C)(C)[C@@](F)(OC(=O)c3ccccc3)CC[C@]12C. The molecule has 4 aliphatic rings. The smallest absolute Gasteiger partial charge is 0.340 e. The van der Waals surface area contributed by atoms with Crippen LogP contribution < -0.4 is 0 Å². The number of carbonyl (C=O) groups excluding carboxylic acids is 2. The molecule has 5 rings (SSSR count). The summed E-state index contributed by atoms with van der Waals surface area (Å²) in [6, 6.07) is 8.78.